The number of aromatic amines is 1. The zero-order valence-corrected chi connectivity index (χ0v) is 16.4. The number of fused-ring (bicyclic) bond motifs is 3. The number of hydrogen-bond acceptors (Lipinski definition) is 4. The molecule has 1 atom stereocenters. The number of pyridine rings is 2. The lowest BCUT2D eigenvalue weighted by Crippen LogP contribution is -2.37. The zero-order chi connectivity index (χ0) is 21.5. The zero-order valence-electron chi connectivity index (χ0n) is 16.4. The van der Waals surface area contributed by atoms with Gasteiger partial charge in [0.15, 0.2) is 0 Å². The predicted molar refractivity (Wildman–Crippen MR) is 114 cm³/mol. The van der Waals surface area contributed by atoms with Gasteiger partial charge < -0.3 is 15.2 Å². The molecule has 1 amide bonds. The normalized spacial score (nSPS) is 16.2. The van der Waals surface area contributed by atoms with Crippen molar-refractivity contribution in [1.82, 2.24) is 15.3 Å². The molecule has 1 aliphatic heterocycles. The maximum Gasteiger partial charge on any atom is 0.257 e. The molecule has 4 aromatic rings. The van der Waals surface area contributed by atoms with E-state index in [9.17, 15) is 18.4 Å². The fourth-order valence-electron chi connectivity index (χ4n) is 4.20. The second-order valence-electron chi connectivity index (χ2n) is 7.62. The fraction of sp³-hybridized carbons (Fsp3) is 0.174. The second kappa shape index (κ2) is 7.46. The summed E-state index contributed by atoms with van der Waals surface area (Å²) in [4.78, 5) is 34.1. The van der Waals surface area contributed by atoms with Crippen molar-refractivity contribution in [3.05, 3.63) is 82.3 Å². The quantitative estimate of drug-likeness (QED) is 0.498. The Kier molecular flexibility index (Phi) is 4.62. The first-order valence-electron chi connectivity index (χ1n) is 9.91. The Balaban J connectivity index is 1.44. The first-order valence-corrected chi connectivity index (χ1v) is 9.91. The third kappa shape index (κ3) is 3.50. The maximum atomic E-state index is 13.4. The Labute approximate surface area is 175 Å². The van der Waals surface area contributed by atoms with Crippen molar-refractivity contribution in [2.45, 2.75) is 12.5 Å². The molecule has 2 N–H and O–H groups in total. The summed E-state index contributed by atoms with van der Waals surface area (Å²) in [7, 11) is 0. The summed E-state index contributed by atoms with van der Waals surface area (Å²) in [5.74, 6) is -2.09. The van der Waals surface area contributed by atoms with Gasteiger partial charge in [0.05, 0.1) is 0 Å². The van der Waals surface area contributed by atoms with E-state index in [0.29, 0.717) is 30.5 Å². The third-order valence-corrected chi connectivity index (χ3v) is 5.59. The van der Waals surface area contributed by atoms with Gasteiger partial charge >= 0.3 is 0 Å². The average molecular weight is 420 g/mol. The molecule has 8 heteroatoms. The standard InChI is InChI=1S/C23H18F2N4O2/c24-14-9-13(10-15(25)11-14)22(30)27-16-6-8-29(12-16)19-5-7-26-21-20(19)17-3-1-2-4-18(17)23(31)28-21/h1-5,7,9-11,16H,6,8,12H2,(H,27,30)(H,26,28,31). The van der Waals surface area contributed by atoms with E-state index in [1.165, 1.54) is 0 Å². The lowest BCUT2D eigenvalue weighted by Gasteiger charge is -2.21. The summed E-state index contributed by atoms with van der Waals surface area (Å²) in [5, 5.41) is 5.10. The van der Waals surface area contributed by atoms with Crippen molar-refractivity contribution in [2.24, 2.45) is 0 Å². The molecule has 0 bridgehead atoms. The van der Waals surface area contributed by atoms with Crippen LogP contribution >= 0.6 is 0 Å². The van der Waals surface area contributed by atoms with Crippen LogP contribution in [0.25, 0.3) is 21.8 Å². The lowest BCUT2D eigenvalue weighted by atomic mass is 10.1. The van der Waals surface area contributed by atoms with E-state index >= 15 is 0 Å². The van der Waals surface area contributed by atoms with Gasteiger partial charge in [-0.15, -0.1) is 0 Å². The smallest absolute Gasteiger partial charge is 0.257 e. The Morgan fingerprint density at radius 2 is 1.84 bits per heavy atom. The van der Waals surface area contributed by atoms with E-state index in [0.717, 1.165) is 34.7 Å². The van der Waals surface area contributed by atoms with E-state index in [4.69, 9.17) is 0 Å². The molecule has 2 aromatic carbocycles. The van der Waals surface area contributed by atoms with Crippen LogP contribution in [0.5, 0.6) is 0 Å². The third-order valence-electron chi connectivity index (χ3n) is 5.59. The van der Waals surface area contributed by atoms with E-state index < -0.39 is 17.5 Å². The minimum absolute atomic E-state index is 0.0473. The minimum Gasteiger partial charge on any atom is -0.369 e. The second-order valence-corrected chi connectivity index (χ2v) is 7.62. The van der Waals surface area contributed by atoms with Crippen LogP contribution < -0.4 is 15.8 Å². The number of benzene rings is 2. The monoisotopic (exact) mass is 420 g/mol. The van der Waals surface area contributed by atoms with Gasteiger partial charge in [0.1, 0.15) is 17.3 Å². The van der Waals surface area contributed by atoms with Crippen molar-refractivity contribution in [3.63, 3.8) is 0 Å². The number of rotatable bonds is 3. The molecule has 0 saturated carbocycles. The number of aromatic nitrogens is 2. The Morgan fingerprint density at radius 3 is 2.61 bits per heavy atom. The van der Waals surface area contributed by atoms with Crippen molar-refractivity contribution < 1.29 is 13.6 Å². The molecule has 1 unspecified atom stereocenters. The molecule has 3 heterocycles. The number of anilines is 1. The number of carbonyl (C=O) groups excluding carboxylic acids is 1. The van der Waals surface area contributed by atoms with E-state index in [1.807, 2.05) is 24.3 Å². The van der Waals surface area contributed by atoms with Crippen molar-refractivity contribution >= 4 is 33.4 Å². The van der Waals surface area contributed by atoms with Gasteiger partial charge in [0, 0.05) is 58.8 Å². The number of H-pyrrole nitrogens is 1. The largest absolute Gasteiger partial charge is 0.369 e. The van der Waals surface area contributed by atoms with E-state index in [-0.39, 0.29) is 17.2 Å². The molecule has 6 nitrogen and oxygen atoms in total. The van der Waals surface area contributed by atoms with Gasteiger partial charge in [0.2, 0.25) is 0 Å². The van der Waals surface area contributed by atoms with Crippen LogP contribution in [0.2, 0.25) is 0 Å². The first-order chi connectivity index (χ1) is 15.0. The van der Waals surface area contributed by atoms with Crippen LogP contribution in [0.1, 0.15) is 16.8 Å². The first kappa shape index (κ1) is 19.2. The summed E-state index contributed by atoms with van der Waals surface area (Å²) in [6, 6.07) is 11.8. The van der Waals surface area contributed by atoms with Gasteiger partial charge in [-0.05, 0) is 30.7 Å². The van der Waals surface area contributed by atoms with Crippen molar-refractivity contribution in [3.8, 4) is 0 Å². The van der Waals surface area contributed by atoms with Crippen LogP contribution in [-0.4, -0.2) is 35.0 Å². The molecule has 5 rings (SSSR count). The molecule has 0 spiro atoms. The molecule has 1 aliphatic rings. The highest BCUT2D eigenvalue weighted by Gasteiger charge is 2.26. The summed E-state index contributed by atoms with van der Waals surface area (Å²) < 4.78 is 26.9. The highest BCUT2D eigenvalue weighted by atomic mass is 19.1. The highest BCUT2D eigenvalue weighted by Crippen LogP contribution is 2.32. The van der Waals surface area contributed by atoms with Gasteiger partial charge in [-0.3, -0.25) is 9.59 Å². The number of nitrogens with one attached hydrogen (secondary N) is 2. The number of amides is 1. The van der Waals surface area contributed by atoms with Crippen LogP contribution in [-0.2, 0) is 0 Å². The number of carbonyl (C=O) groups is 1. The molecule has 31 heavy (non-hydrogen) atoms. The predicted octanol–water partition coefficient (Wildman–Crippen LogP) is 3.36. The van der Waals surface area contributed by atoms with Crippen LogP contribution in [0.15, 0.2) is 59.5 Å². The molecule has 1 saturated heterocycles. The molecular formula is C23H18F2N4O2. The summed E-state index contributed by atoms with van der Waals surface area (Å²) >= 11 is 0. The lowest BCUT2D eigenvalue weighted by molar-refractivity contribution is 0.0939. The number of nitrogens with zero attached hydrogens (tertiary/aromatic N) is 2. The van der Waals surface area contributed by atoms with E-state index in [2.05, 4.69) is 20.2 Å². The molecule has 2 aromatic heterocycles. The average Bonchev–Trinajstić information content (AvgIpc) is 3.21. The Hall–Kier alpha value is -3.81. The molecule has 156 valence electrons. The molecule has 0 radical (unpaired) electrons. The molecule has 1 fully saturated rings. The molecule has 0 aliphatic carbocycles. The van der Waals surface area contributed by atoms with E-state index in [1.54, 1.807) is 12.3 Å². The number of hydrogen-bond donors (Lipinski definition) is 2. The van der Waals surface area contributed by atoms with Gasteiger partial charge in [-0.1, -0.05) is 18.2 Å². The fourth-order valence-corrected chi connectivity index (χ4v) is 4.20. The van der Waals surface area contributed by atoms with Crippen molar-refractivity contribution in [1.29, 1.82) is 0 Å². The summed E-state index contributed by atoms with van der Waals surface area (Å²) in [6.45, 7) is 1.20. The maximum absolute atomic E-state index is 13.4. The van der Waals surface area contributed by atoms with Crippen molar-refractivity contribution in [2.75, 3.05) is 18.0 Å². The van der Waals surface area contributed by atoms with Gasteiger partial charge in [-0.2, -0.15) is 0 Å². The summed E-state index contributed by atoms with van der Waals surface area (Å²) in [6.07, 6.45) is 2.32. The Morgan fingerprint density at radius 1 is 1.10 bits per heavy atom. The SMILES string of the molecule is O=C(NC1CCN(c2ccnc3[nH]c(=O)c4ccccc4c23)C1)c1cc(F)cc(F)c1. The topological polar surface area (TPSA) is 78.1 Å². The van der Waals surface area contributed by atoms with Crippen LogP contribution in [0, 0.1) is 11.6 Å². The molecular weight excluding hydrogens is 402 g/mol. The Bertz CT molecular complexity index is 1370. The summed E-state index contributed by atoms with van der Waals surface area (Å²) in [5.41, 5.74) is 1.17. The van der Waals surface area contributed by atoms with Crippen LogP contribution in [0.4, 0.5) is 14.5 Å². The number of halogens is 2. The minimum atomic E-state index is -0.790. The van der Waals surface area contributed by atoms with Gasteiger partial charge in [0.25, 0.3) is 11.5 Å². The highest BCUT2D eigenvalue weighted by molar-refractivity contribution is 6.10. The van der Waals surface area contributed by atoms with Gasteiger partial charge in [-0.25, -0.2) is 13.8 Å². The van der Waals surface area contributed by atoms with Crippen LogP contribution in [0.3, 0.4) is 0 Å².